The summed E-state index contributed by atoms with van der Waals surface area (Å²) >= 11 is 0.805. The summed E-state index contributed by atoms with van der Waals surface area (Å²) in [6.45, 7) is 0. The van der Waals surface area contributed by atoms with Crippen LogP contribution in [-0.2, 0) is 4.79 Å². The molecule has 0 spiro atoms. The first-order valence-electron chi connectivity index (χ1n) is 3.12. The highest BCUT2D eigenvalue weighted by Crippen LogP contribution is 2.20. The molecule has 0 amide bonds. The Kier molecular flexibility index (Phi) is 2.51. The van der Waals surface area contributed by atoms with Crippen molar-refractivity contribution in [2.24, 2.45) is 0 Å². The van der Waals surface area contributed by atoms with Crippen LogP contribution in [0, 0.1) is 0 Å². The highest BCUT2D eigenvalue weighted by molar-refractivity contribution is 7.13. The Morgan fingerprint density at radius 3 is 2.31 bits per heavy atom. The van der Waals surface area contributed by atoms with E-state index >= 15 is 0 Å². The molecular weight excluding hydrogens is 205 g/mol. The van der Waals surface area contributed by atoms with Crippen molar-refractivity contribution in [1.29, 1.82) is 0 Å². The summed E-state index contributed by atoms with van der Waals surface area (Å²) in [6.07, 6.45) is -5.08. The molecule has 0 N–H and O–H groups in total. The first-order chi connectivity index (χ1) is 5.93. The lowest BCUT2D eigenvalue weighted by atomic mass is 10.2. The summed E-state index contributed by atoms with van der Waals surface area (Å²) < 4.78 is 35.2. The molecule has 0 aromatic carbocycles. The molecule has 0 radical (unpaired) electrons. The average molecular weight is 208 g/mol. The number of rotatable bonds is 2. The normalized spacial score (nSPS) is 11.3. The van der Waals surface area contributed by atoms with E-state index in [2.05, 4.69) is 0 Å². The molecule has 0 unspecified atom stereocenters. The van der Waals surface area contributed by atoms with Crippen LogP contribution in [0.5, 0.6) is 0 Å². The molecule has 70 valence electrons. The fourth-order valence-corrected chi connectivity index (χ4v) is 1.31. The number of alkyl halides is 3. The molecule has 13 heavy (non-hydrogen) atoms. The molecule has 1 heterocycles. The Balaban J connectivity index is 2.88. The molecule has 0 atom stereocenters. The van der Waals surface area contributed by atoms with E-state index in [1.807, 2.05) is 0 Å². The van der Waals surface area contributed by atoms with Crippen molar-refractivity contribution in [3.8, 4) is 0 Å². The zero-order valence-electron chi connectivity index (χ0n) is 6.09. The zero-order chi connectivity index (χ0) is 10.1. The van der Waals surface area contributed by atoms with Gasteiger partial charge in [0, 0.05) is 0 Å². The van der Waals surface area contributed by atoms with Gasteiger partial charge in [0.25, 0.3) is 0 Å². The summed E-state index contributed by atoms with van der Waals surface area (Å²) in [5.41, 5.74) is 0. The largest absolute Gasteiger partial charge is 0.458 e. The van der Waals surface area contributed by atoms with Crippen molar-refractivity contribution in [3.05, 3.63) is 22.4 Å². The van der Waals surface area contributed by atoms with E-state index in [1.54, 1.807) is 0 Å². The summed E-state index contributed by atoms with van der Waals surface area (Å²) in [5.74, 6) is -3.82. The van der Waals surface area contributed by atoms with Gasteiger partial charge in [-0.25, -0.2) is 0 Å². The predicted molar refractivity (Wildman–Crippen MR) is 39.7 cm³/mol. The van der Waals surface area contributed by atoms with E-state index < -0.39 is 17.7 Å². The predicted octanol–water partition coefficient (Wildman–Crippen LogP) is 2.06. The number of hydrogen-bond donors (Lipinski definition) is 0. The third-order valence-corrected chi connectivity index (χ3v) is 2.08. The first kappa shape index (κ1) is 9.91. The van der Waals surface area contributed by atoms with Crippen molar-refractivity contribution in [2.45, 2.75) is 6.18 Å². The molecule has 0 aliphatic rings. The van der Waals surface area contributed by atoms with Crippen LogP contribution in [0.15, 0.2) is 17.5 Å². The van der Waals surface area contributed by atoms with Gasteiger partial charge in [0.15, 0.2) is 0 Å². The fraction of sp³-hybridized carbons (Fsp3) is 0.143. The minimum atomic E-state index is -5.08. The van der Waals surface area contributed by atoms with E-state index in [1.165, 1.54) is 17.5 Å². The van der Waals surface area contributed by atoms with Gasteiger partial charge in [0.05, 0.1) is 4.88 Å². The van der Waals surface area contributed by atoms with Crippen molar-refractivity contribution in [3.63, 3.8) is 0 Å². The Labute approximate surface area is 75.0 Å². The molecule has 1 rings (SSSR count). The van der Waals surface area contributed by atoms with Crippen LogP contribution >= 0.6 is 11.3 Å². The Morgan fingerprint density at radius 1 is 1.31 bits per heavy atom. The highest BCUT2D eigenvalue weighted by atomic mass is 32.1. The molecule has 0 bridgehead atoms. The summed E-state index contributed by atoms with van der Waals surface area (Å²) in [6, 6.07) is 2.58. The lowest BCUT2D eigenvalue weighted by Gasteiger charge is -2.01. The molecule has 0 aliphatic carbocycles. The minimum Gasteiger partial charge on any atom is -0.284 e. The van der Waals surface area contributed by atoms with Gasteiger partial charge in [-0.05, 0) is 11.4 Å². The molecule has 2 nitrogen and oxygen atoms in total. The maximum Gasteiger partial charge on any atom is 0.458 e. The van der Waals surface area contributed by atoms with Crippen LogP contribution in [0.25, 0.3) is 0 Å². The average Bonchev–Trinajstić information content (AvgIpc) is 2.51. The van der Waals surface area contributed by atoms with Crippen LogP contribution < -0.4 is 0 Å². The van der Waals surface area contributed by atoms with Gasteiger partial charge in [-0.2, -0.15) is 13.2 Å². The van der Waals surface area contributed by atoms with E-state index in [4.69, 9.17) is 0 Å². The lowest BCUT2D eigenvalue weighted by Crippen LogP contribution is -2.30. The Bertz CT molecular complexity index is 326. The molecule has 0 saturated heterocycles. The molecule has 0 saturated carbocycles. The molecule has 6 heteroatoms. The van der Waals surface area contributed by atoms with Crippen LogP contribution in [0.3, 0.4) is 0 Å². The van der Waals surface area contributed by atoms with Crippen molar-refractivity contribution < 1.29 is 22.8 Å². The van der Waals surface area contributed by atoms with Crippen molar-refractivity contribution >= 4 is 22.9 Å². The lowest BCUT2D eigenvalue weighted by molar-refractivity contribution is -0.165. The van der Waals surface area contributed by atoms with Gasteiger partial charge in [0.1, 0.15) is 0 Å². The third-order valence-electron chi connectivity index (χ3n) is 1.21. The third kappa shape index (κ3) is 2.15. The molecular formula is C7H3F3O2S. The minimum absolute atomic E-state index is 0.192. The number of carbonyl (C=O) groups is 2. The number of carbonyl (C=O) groups excluding carboxylic acids is 2. The number of hydrogen-bond acceptors (Lipinski definition) is 3. The van der Waals surface area contributed by atoms with Crippen molar-refractivity contribution in [2.75, 3.05) is 0 Å². The second kappa shape index (κ2) is 3.29. The van der Waals surface area contributed by atoms with Gasteiger partial charge >= 0.3 is 12.0 Å². The van der Waals surface area contributed by atoms with Crippen LogP contribution in [0.4, 0.5) is 13.2 Å². The number of Topliss-reactive ketones (excluding diaryl/α,β-unsaturated/α-hetero) is 2. The van der Waals surface area contributed by atoms with Crippen molar-refractivity contribution in [1.82, 2.24) is 0 Å². The highest BCUT2D eigenvalue weighted by Gasteiger charge is 2.43. The topological polar surface area (TPSA) is 34.1 Å². The van der Waals surface area contributed by atoms with Crippen LogP contribution in [-0.4, -0.2) is 17.7 Å². The Hall–Kier alpha value is -1.17. The standard InChI is InChI=1S/C7H3F3O2S/c8-7(9,10)6(12)5(11)4-2-1-3-13-4/h1-3H. The smallest absolute Gasteiger partial charge is 0.284 e. The van der Waals surface area contributed by atoms with E-state index in [0.29, 0.717) is 0 Å². The molecule has 1 aromatic rings. The van der Waals surface area contributed by atoms with Gasteiger partial charge in [0.2, 0.25) is 5.78 Å². The van der Waals surface area contributed by atoms with E-state index in [-0.39, 0.29) is 4.88 Å². The maximum atomic E-state index is 11.7. The quantitative estimate of drug-likeness (QED) is 0.550. The monoisotopic (exact) mass is 208 g/mol. The number of halogens is 3. The van der Waals surface area contributed by atoms with Gasteiger partial charge in [-0.3, -0.25) is 9.59 Å². The van der Waals surface area contributed by atoms with Crippen LogP contribution in [0.2, 0.25) is 0 Å². The summed E-state index contributed by atoms with van der Waals surface area (Å²) in [4.78, 5) is 21.0. The fourth-order valence-electron chi connectivity index (χ4n) is 0.648. The first-order valence-corrected chi connectivity index (χ1v) is 4.00. The van der Waals surface area contributed by atoms with Gasteiger partial charge in [-0.1, -0.05) is 6.07 Å². The molecule has 0 fully saturated rings. The Morgan fingerprint density at radius 2 is 1.92 bits per heavy atom. The summed E-state index contributed by atoms with van der Waals surface area (Å²) in [5, 5.41) is 1.43. The zero-order valence-corrected chi connectivity index (χ0v) is 6.91. The molecule has 1 aromatic heterocycles. The second-order valence-electron chi connectivity index (χ2n) is 2.13. The number of ketones is 2. The van der Waals surface area contributed by atoms with Gasteiger partial charge in [-0.15, -0.1) is 11.3 Å². The summed E-state index contributed by atoms with van der Waals surface area (Å²) in [7, 11) is 0. The maximum absolute atomic E-state index is 11.7. The second-order valence-corrected chi connectivity index (χ2v) is 3.08. The van der Waals surface area contributed by atoms with Crippen LogP contribution in [0.1, 0.15) is 9.67 Å². The van der Waals surface area contributed by atoms with E-state index in [9.17, 15) is 22.8 Å². The SMILES string of the molecule is O=C(C(=O)C(F)(F)F)c1cccs1. The van der Waals surface area contributed by atoms with Gasteiger partial charge < -0.3 is 0 Å². The van der Waals surface area contributed by atoms with E-state index in [0.717, 1.165) is 11.3 Å². The number of thiophene rings is 1. The molecule has 0 aliphatic heterocycles.